The van der Waals surface area contributed by atoms with E-state index in [1.807, 2.05) is 7.11 Å². The van der Waals surface area contributed by atoms with E-state index in [-0.39, 0.29) is 0 Å². The van der Waals surface area contributed by atoms with Crippen LogP contribution in [0.15, 0.2) is 0 Å². The van der Waals surface area contributed by atoms with Gasteiger partial charge in [0.25, 0.3) is 0 Å². The fraction of sp³-hybridized carbons (Fsp3) is 1.00. The van der Waals surface area contributed by atoms with Crippen molar-refractivity contribution in [1.82, 2.24) is 0 Å². The molecule has 0 heterocycles. The molecule has 4 atom stereocenters. The first-order valence-electron chi connectivity index (χ1n) is 6.97. The monoisotopic (exact) mass is 224 g/mol. The smallest absolute Gasteiger partial charge is 0.0465 e. The lowest BCUT2D eigenvalue weighted by molar-refractivity contribution is -0.148. The minimum atomic E-state index is 0.615. The summed E-state index contributed by atoms with van der Waals surface area (Å²) in [5.41, 5.74) is 0.615. The largest absolute Gasteiger partial charge is 0.385 e. The quantitative estimate of drug-likeness (QED) is 0.702. The second kappa shape index (κ2) is 4.33. The van der Waals surface area contributed by atoms with Gasteiger partial charge in [-0.3, -0.25) is 0 Å². The molecule has 3 fully saturated rings. The highest BCUT2D eigenvalue weighted by Gasteiger charge is 2.57. The van der Waals surface area contributed by atoms with E-state index in [4.69, 9.17) is 4.74 Å². The summed E-state index contributed by atoms with van der Waals surface area (Å²) in [6.45, 7) is 10.7. The summed E-state index contributed by atoms with van der Waals surface area (Å²) in [7, 11) is 1.84. The van der Waals surface area contributed by atoms with Crippen LogP contribution < -0.4 is 0 Å². The molecule has 3 aliphatic carbocycles. The first-order chi connectivity index (χ1) is 7.48. The van der Waals surface area contributed by atoms with Crippen molar-refractivity contribution in [2.24, 2.45) is 35.0 Å². The summed E-state index contributed by atoms with van der Waals surface area (Å²) in [5.74, 6) is 4.69. The Morgan fingerprint density at radius 3 is 2.44 bits per heavy atom. The Bertz CT molecular complexity index is 242. The van der Waals surface area contributed by atoms with Crippen LogP contribution in [0.1, 0.15) is 47.0 Å². The second-order valence-electron chi connectivity index (χ2n) is 6.95. The van der Waals surface area contributed by atoms with Crippen molar-refractivity contribution in [2.45, 2.75) is 47.0 Å². The second-order valence-corrected chi connectivity index (χ2v) is 6.95. The minimum Gasteiger partial charge on any atom is -0.385 e. The molecule has 3 rings (SSSR count). The average Bonchev–Trinajstić information content (AvgIpc) is 2.25. The van der Waals surface area contributed by atoms with Crippen LogP contribution in [0.4, 0.5) is 0 Å². The maximum Gasteiger partial charge on any atom is 0.0465 e. The highest BCUT2D eigenvalue weighted by molar-refractivity contribution is 5.06. The van der Waals surface area contributed by atoms with Crippen molar-refractivity contribution in [3.8, 4) is 0 Å². The molecular weight excluding hydrogens is 196 g/mol. The van der Waals surface area contributed by atoms with Gasteiger partial charge in [-0.15, -0.1) is 0 Å². The standard InChI is InChI=1S/C15H28O/c1-10(2)13-8-11-9-14(15(11,3)4)12(13)6-7-16-5/h10-14H,6-9H2,1-5H3. The van der Waals surface area contributed by atoms with Crippen LogP contribution in [0.3, 0.4) is 0 Å². The number of fused-ring (bicyclic) bond motifs is 2. The van der Waals surface area contributed by atoms with E-state index in [0.29, 0.717) is 5.41 Å². The van der Waals surface area contributed by atoms with Crippen LogP contribution in [-0.2, 0) is 4.74 Å². The molecule has 0 saturated heterocycles. The maximum atomic E-state index is 5.31. The van der Waals surface area contributed by atoms with Gasteiger partial charge in [0, 0.05) is 13.7 Å². The predicted octanol–water partition coefficient (Wildman–Crippen LogP) is 3.98. The van der Waals surface area contributed by atoms with E-state index in [0.717, 1.165) is 36.2 Å². The predicted molar refractivity (Wildman–Crippen MR) is 68.3 cm³/mol. The van der Waals surface area contributed by atoms with Crippen LogP contribution in [0, 0.1) is 35.0 Å². The molecule has 0 aromatic rings. The molecule has 0 aromatic heterocycles. The molecule has 0 aliphatic heterocycles. The van der Waals surface area contributed by atoms with Crippen LogP contribution in [0.2, 0.25) is 0 Å². The van der Waals surface area contributed by atoms with E-state index >= 15 is 0 Å². The number of hydrogen-bond donors (Lipinski definition) is 0. The molecule has 2 bridgehead atoms. The summed E-state index contributed by atoms with van der Waals surface area (Å²) < 4.78 is 5.31. The Balaban J connectivity index is 2.07. The Kier molecular flexibility index (Phi) is 3.36. The SMILES string of the molecule is COCCC1C(C(C)C)CC2CC1C2(C)C. The molecule has 4 unspecified atom stereocenters. The van der Waals surface area contributed by atoms with Crippen LogP contribution in [0.25, 0.3) is 0 Å². The average molecular weight is 224 g/mol. The summed E-state index contributed by atoms with van der Waals surface area (Å²) in [6, 6.07) is 0. The molecule has 1 heteroatoms. The molecule has 0 N–H and O–H groups in total. The molecule has 1 nitrogen and oxygen atoms in total. The van der Waals surface area contributed by atoms with Gasteiger partial charge in [0.05, 0.1) is 0 Å². The van der Waals surface area contributed by atoms with E-state index in [1.54, 1.807) is 0 Å². The zero-order chi connectivity index (χ0) is 11.9. The van der Waals surface area contributed by atoms with Crippen LogP contribution in [-0.4, -0.2) is 13.7 Å². The van der Waals surface area contributed by atoms with E-state index in [1.165, 1.54) is 19.3 Å². The van der Waals surface area contributed by atoms with Crippen molar-refractivity contribution in [3.63, 3.8) is 0 Å². The zero-order valence-corrected chi connectivity index (χ0v) is 11.6. The Labute approximate surface area is 101 Å². The number of hydrogen-bond acceptors (Lipinski definition) is 1. The summed E-state index contributed by atoms with van der Waals surface area (Å²) in [5, 5.41) is 0. The molecule has 3 aliphatic rings. The maximum absolute atomic E-state index is 5.31. The molecule has 16 heavy (non-hydrogen) atoms. The Morgan fingerprint density at radius 1 is 1.25 bits per heavy atom. The van der Waals surface area contributed by atoms with E-state index < -0.39 is 0 Å². The third-order valence-corrected chi connectivity index (χ3v) is 5.68. The van der Waals surface area contributed by atoms with Gasteiger partial charge in [-0.2, -0.15) is 0 Å². The molecular formula is C15H28O. The number of rotatable bonds is 4. The molecule has 0 amide bonds. The molecule has 0 spiro atoms. The fourth-order valence-electron chi connectivity index (χ4n) is 4.42. The Hall–Kier alpha value is -0.0400. The lowest BCUT2D eigenvalue weighted by atomic mass is 9.42. The van der Waals surface area contributed by atoms with Gasteiger partial charge in [0.1, 0.15) is 0 Å². The lowest BCUT2D eigenvalue weighted by Gasteiger charge is -2.63. The van der Waals surface area contributed by atoms with Gasteiger partial charge < -0.3 is 4.74 Å². The number of ether oxygens (including phenoxy) is 1. The topological polar surface area (TPSA) is 9.23 Å². The van der Waals surface area contributed by atoms with Crippen LogP contribution in [0.5, 0.6) is 0 Å². The van der Waals surface area contributed by atoms with Crippen molar-refractivity contribution in [1.29, 1.82) is 0 Å². The van der Waals surface area contributed by atoms with Gasteiger partial charge in [-0.25, -0.2) is 0 Å². The summed E-state index contributed by atoms with van der Waals surface area (Å²) in [6.07, 6.45) is 4.24. The number of methoxy groups -OCH3 is 1. The fourth-order valence-corrected chi connectivity index (χ4v) is 4.42. The molecule has 0 radical (unpaired) electrons. The van der Waals surface area contributed by atoms with E-state index in [2.05, 4.69) is 27.7 Å². The molecule has 3 saturated carbocycles. The highest BCUT2D eigenvalue weighted by Crippen LogP contribution is 2.64. The lowest BCUT2D eigenvalue weighted by Crippen LogP contribution is -2.56. The Morgan fingerprint density at radius 2 is 1.94 bits per heavy atom. The van der Waals surface area contributed by atoms with Crippen molar-refractivity contribution < 1.29 is 4.74 Å². The van der Waals surface area contributed by atoms with Gasteiger partial charge in [-0.05, 0) is 54.3 Å². The van der Waals surface area contributed by atoms with Crippen LogP contribution >= 0.6 is 0 Å². The molecule has 0 aromatic carbocycles. The van der Waals surface area contributed by atoms with E-state index in [9.17, 15) is 0 Å². The third-order valence-electron chi connectivity index (χ3n) is 5.68. The normalized spacial score (nSPS) is 40.9. The van der Waals surface area contributed by atoms with Gasteiger partial charge in [0.15, 0.2) is 0 Å². The van der Waals surface area contributed by atoms with Crippen molar-refractivity contribution in [2.75, 3.05) is 13.7 Å². The first-order valence-corrected chi connectivity index (χ1v) is 6.97. The van der Waals surface area contributed by atoms with Gasteiger partial charge >= 0.3 is 0 Å². The third kappa shape index (κ3) is 1.81. The van der Waals surface area contributed by atoms with Gasteiger partial charge in [0.2, 0.25) is 0 Å². The zero-order valence-electron chi connectivity index (χ0n) is 11.6. The van der Waals surface area contributed by atoms with Crippen molar-refractivity contribution in [3.05, 3.63) is 0 Å². The van der Waals surface area contributed by atoms with Gasteiger partial charge in [-0.1, -0.05) is 27.7 Å². The first kappa shape index (κ1) is 12.4. The minimum absolute atomic E-state index is 0.615. The summed E-state index contributed by atoms with van der Waals surface area (Å²) >= 11 is 0. The highest BCUT2D eigenvalue weighted by atomic mass is 16.5. The van der Waals surface area contributed by atoms with Crippen molar-refractivity contribution >= 4 is 0 Å². The molecule has 94 valence electrons. The summed E-state index contributed by atoms with van der Waals surface area (Å²) in [4.78, 5) is 0.